The van der Waals surface area contributed by atoms with Crippen LogP contribution in [0.15, 0.2) is 18.2 Å². The van der Waals surface area contributed by atoms with Crippen LogP contribution in [0.2, 0.25) is 5.02 Å². The predicted molar refractivity (Wildman–Crippen MR) is 45.6 cm³/mol. The molecule has 0 fully saturated rings. The zero-order chi connectivity index (χ0) is 8.43. The minimum absolute atomic E-state index is 0. The van der Waals surface area contributed by atoms with Crippen molar-refractivity contribution >= 4 is 30.0 Å². The molecule has 0 spiro atoms. The molecule has 5 heteroatoms. The third-order valence-corrected chi connectivity index (χ3v) is 1.47. The molecule has 1 rings (SSSR count). The van der Waals surface area contributed by atoms with Gasteiger partial charge in [-0.05, 0) is 18.2 Å². The molecule has 0 unspecified atom stereocenters. The molecule has 0 bridgehead atoms. The first kappa shape index (κ1) is 11.2. The molecule has 1 N–H and O–H groups in total. The minimum atomic E-state index is -1.17. The van der Waals surface area contributed by atoms with Crippen molar-refractivity contribution in [2.75, 3.05) is 0 Å². The molecule has 0 aliphatic carbocycles. The van der Waals surface area contributed by atoms with Gasteiger partial charge in [0.05, 0.1) is 10.6 Å². The van der Waals surface area contributed by atoms with Gasteiger partial charge in [-0.15, -0.1) is 12.4 Å². The first-order valence-electron chi connectivity index (χ1n) is 2.79. The summed E-state index contributed by atoms with van der Waals surface area (Å²) >= 11 is 5.32. The van der Waals surface area contributed by atoms with Crippen molar-refractivity contribution in [2.45, 2.75) is 0 Å². The van der Waals surface area contributed by atoms with Crippen LogP contribution >= 0.6 is 24.0 Å². The van der Waals surface area contributed by atoms with Gasteiger partial charge in [0.25, 0.3) is 0 Å². The summed E-state index contributed by atoms with van der Waals surface area (Å²) in [7, 11) is 0. The van der Waals surface area contributed by atoms with E-state index in [1.807, 2.05) is 0 Å². The molecule has 1 aromatic rings. The number of benzene rings is 1. The van der Waals surface area contributed by atoms with E-state index in [9.17, 15) is 9.18 Å². The molecule has 0 atom stereocenters. The zero-order valence-electron chi connectivity index (χ0n) is 5.75. The molecule has 1 aromatic carbocycles. The lowest BCUT2D eigenvalue weighted by Crippen LogP contribution is -1.96. The normalized spacial score (nSPS) is 8.83. The fourth-order valence-electron chi connectivity index (χ4n) is 0.629. The lowest BCUT2D eigenvalue weighted by atomic mass is 10.2. The largest absolute Gasteiger partial charge is 0.478 e. The van der Waals surface area contributed by atoms with E-state index in [1.54, 1.807) is 0 Å². The second-order valence-electron chi connectivity index (χ2n) is 1.93. The molecular weight excluding hydrogens is 206 g/mol. The lowest BCUT2D eigenvalue weighted by molar-refractivity contribution is 0.0696. The number of carboxylic acid groups (broad SMARTS) is 1. The lowest BCUT2D eigenvalue weighted by Gasteiger charge is -1.95. The van der Waals surface area contributed by atoms with Gasteiger partial charge in [-0.2, -0.15) is 0 Å². The van der Waals surface area contributed by atoms with Crippen LogP contribution in [0.4, 0.5) is 4.39 Å². The van der Waals surface area contributed by atoms with Crippen LogP contribution in [-0.4, -0.2) is 11.1 Å². The maximum absolute atomic E-state index is 12.5. The Bertz CT molecular complexity index is 301. The Hall–Kier alpha value is -0.800. The van der Waals surface area contributed by atoms with Crippen LogP contribution in [0, 0.1) is 5.82 Å². The third-order valence-electron chi connectivity index (χ3n) is 1.17. The highest BCUT2D eigenvalue weighted by molar-refractivity contribution is 6.30. The minimum Gasteiger partial charge on any atom is -0.478 e. The Morgan fingerprint density at radius 2 is 2.08 bits per heavy atom. The highest BCUT2D eigenvalue weighted by atomic mass is 35.5. The van der Waals surface area contributed by atoms with E-state index in [1.165, 1.54) is 12.1 Å². The summed E-state index contributed by atoms with van der Waals surface area (Å²) in [5.41, 5.74) is -0.105. The molecule has 0 aromatic heterocycles. The van der Waals surface area contributed by atoms with Crippen molar-refractivity contribution in [3.63, 3.8) is 0 Å². The van der Waals surface area contributed by atoms with Crippen LogP contribution in [0.5, 0.6) is 0 Å². The van der Waals surface area contributed by atoms with Gasteiger partial charge < -0.3 is 5.11 Å². The summed E-state index contributed by atoms with van der Waals surface area (Å²) < 4.78 is 12.5. The van der Waals surface area contributed by atoms with E-state index in [0.29, 0.717) is 0 Å². The van der Waals surface area contributed by atoms with Crippen molar-refractivity contribution in [3.8, 4) is 0 Å². The van der Waals surface area contributed by atoms with Crippen molar-refractivity contribution in [2.24, 2.45) is 0 Å². The molecular formula is C7H5Cl2FO2. The predicted octanol–water partition coefficient (Wildman–Crippen LogP) is 2.60. The molecule has 2 nitrogen and oxygen atoms in total. The van der Waals surface area contributed by atoms with E-state index >= 15 is 0 Å². The number of hydrogen-bond acceptors (Lipinski definition) is 1. The van der Waals surface area contributed by atoms with E-state index in [2.05, 4.69) is 0 Å². The monoisotopic (exact) mass is 210 g/mol. The average molecular weight is 211 g/mol. The van der Waals surface area contributed by atoms with Crippen LogP contribution in [-0.2, 0) is 0 Å². The molecule has 0 saturated carbocycles. The molecule has 66 valence electrons. The van der Waals surface area contributed by atoms with E-state index in [-0.39, 0.29) is 23.0 Å². The quantitative estimate of drug-likeness (QED) is 0.774. The number of carboxylic acids is 1. The van der Waals surface area contributed by atoms with Crippen LogP contribution in [0.3, 0.4) is 0 Å². The van der Waals surface area contributed by atoms with Gasteiger partial charge >= 0.3 is 5.97 Å². The number of rotatable bonds is 1. The summed E-state index contributed by atoms with van der Waals surface area (Å²) in [5.74, 6) is -1.88. The van der Waals surface area contributed by atoms with E-state index in [4.69, 9.17) is 16.7 Å². The van der Waals surface area contributed by atoms with Gasteiger partial charge in [-0.3, -0.25) is 0 Å². The van der Waals surface area contributed by atoms with Crippen molar-refractivity contribution in [3.05, 3.63) is 34.6 Å². The summed E-state index contributed by atoms with van der Waals surface area (Å²) in [6.45, 7) is 0. The summed E-state index contributed by atoms with van der Waals surface area (Å²) in [4.78, 5) is 10.3. The van der Waals surface area contributed by atoms with Crippen LogP contribution < -0.4 is 0 Å². The number of hydrogen-bond donors (Lipinski definition) is 1. The fraction of sp³-hybridized carbons (Fsp3) is 0. The summed E-state index contributed by atoms with van der Waals surface area (Å²) in [6, 6.07) is 3.33. The Balaban J connectivity index is 0.00000121. The van der Waals surface area contributed by atoms with Gasteiger partial charge in [0, 0.05) is 0 Å². The Labute approximate surface area is 79.4 Å². The van der Waals surface area contributed by atoms with Gasteiger partial charge in [0.1, 0.15) is 5.82 Å². The third kappa shape index (κ3) is 2.36. The highest BCUT2D eigenvalue weighted by Gasteiger charge is 2.05. The van der Waals surface area contributed by atoms with Gasteiger partial charge in [0.15, 0.2) is 0 Å². The Morgan fingerprint density at radius 1 is 1.50 bits per heavy atom. The standard InChI is InChI=1S/C7H4ClFO2.ClH/c8-5-2-1-4(7(10)11)3-6(5)9;/h1-3H,(H,10,11);1H. The number of halogens is 3. The zero-order valence-corrected chi connectivity index (χ0v) is 7.32. The highest BCUT2D eigenvalue weighted by Crippen LogP contribution is 2.15. The molecule has 0 amide bonds. The Kier molecular flexibility index (Phi) is 4.00. The fourth-order valence-corrected chi connectivity index (χ4v) is 0.747. The second-order valence-corrected chi connectivity index (χ2v) is 2.34. The summed E-state index contributed by atoms with van der Waals surface area (Å²) in [6.07, 6.45) is 0. The van der Waals surface area contributed by atoms with Gasteiger partial charge in [-0.1, -0.05) is 11.6 Å². The Morgan fingerprint density at radius 3 is 2.50 bits per heavy atom. The molecule has 0 aliphatic heterocycles. The SMILES string of the molecule is Cl.O=C(O)c1ccc(Cl)c(F)c1. The van der Waals surface area contributed by atoms with Crippen LogP contribution in [0.1, 0.15) is 10.4 Å². The van der Waals surface area contributed by atoms with Gasteiger partial charge in [0.2, 0.25) is 0 Å². The van der Waals surface area contributed by atoms with Crippen molar-refractivity contribution in [1.29, 1.82) is 0 Å². The molecule has 0 heterocycles. The molecule has 0 radical (unpaired) electrons. The van der Waals surface area contributed by atoms with Gasteiger partial charge in [-0.25, -0.2) is 9.18 Å². The van der Waals surface area contributed by atoms with Crippen molar-refractivity contribution in [1.82, 2.24) is 0 Å². The van der Waals surface area contributed by atoms with E-state index < -0.39 is 11.8 Å². The topological polar surface area (TPSA) is 37.3 Å². The molecule has 0 saturated heterocycles. The smallest absolute Gasteiger partial charge is 0.335 e. The number of carbonyl (C=O) groups is 1. The first-order chi connectivity index (χ1) is 5.11. The van der Waals surface area contributed by atoms with E-state index in [0.717, 1.165) is 6.07 Å². The molecule has 12 heavy (non-hydrogen) atoms. The maximum Gasteiger partial charge on any atom is 0.335 e. The van der Waals surface area contributed by atoms with Crippen molar-refractivity contribution < 1.29 is 14.3 Å². The first-order valence-corrected chi connectivity index (χ1v) is 3.17. The maximum atomic E-state index is 12.5. The molecule has 0 aliphatic rings. The number of aromatic carboxylic acids is 1. The van der Waals surface area contributed by atoms with Crippen LogP contribution in [0.25, 0.3) is 0 Å². The summed E-state index contributed by atoms with van der Waals surface area (Å²) in [5, 5.41) is 8.32. The second kappa shape index (κ2) is 4.28. The average Bonchev–Trinajstić information content (AvgIpc) is 1.94.